The second-order valence-corrected chi connectivity index (χ2v) is 6.20. The standard InChI is InChI=1S/C19H21FN2O/c1-2-22-12-11-21-19(22,15-7-9-16(20)10-8-15)18-13-14-5-3-4-6-17(14)23-18/h3-10,18,21H,2,11-13H2,1H3. The van der Waals surface area contributed by atoms with Gasteiger partial charge >= 0.3 is 0 Å². The van der Waals surface area contributed by atoms with Crippen LogP contribution >= 0.6 is 0 Å². The Morgan fingerprint density at radius 3 is 2.74 bits per heavy atom. The molecular formula is C19H21FN2O. The third-order valence-corrected chi connectivity index (χ3v) is 5.05. The molecule has 0 amide bonds. The van der Waals surface area contributed by atoms with Crippen LogP contribution in [0, 0.1) is 5.82 Å². The molecule has 2 aliphatic heterocycles. The molecule has 2 aromatic carbocycles. The molecule has 0 aromatic heterocycles. The third-order valence-electron chi connectivity index (χ3n) is 5.05. The van der Waals surface area contributed by atoms with Crippen LogP contribution in [0.25, 0.3) is 0 Å². The first-order valence-corrected chi connectivity index (χ1v) is 8.24. The first-order valence-electron chi connectivity index (χ1n) is 8.24. The van der Waals surface area contributed by atoms with Gasteiger partial charge < -0.3 is 4.74 Å². The van der Waals surface area contributed by atoms with E-state index in [2.05, 4.69) is 29.3 Å². The SMILES string of the molecule is CCN1CCNC1(c1ccc(F)cc1)C1Cc2ccccc2O1. The zero-order valence-electron chi connectivity index (χ0n) is 13.3. The van der Waals surface area contributed by atoms with Crippen molar-refractivity contribution in [1.29, 1.82) is 0 Å². The minimum Gasteiger partial charge on any atom is -0.486 e. The van der Waals surface area contributed by atoms with E-state index in [0.717, 1.165) is 37.4 Å². The average molecular weight is 312 g/mol. The molecule has 4 heteroatoms. The summed E-state index contributed by atoms with van der Waals surface area (Å²) in [5.74, 6) is 0.754. The summed E-state index contributed by atoms with van der Waals surface area (Å²) in [6, 6.07) is 15.0. The highest BCUT2D eigenvalue weighted by molar-refractivity contribution is 5.40. The van der Waals surface area contributed by atoms with Crippen LogP contribution in [-0.4, -0.2) is 30.6 Å². The number of ether oxygens (including phenoxy) is 1. The van der Waals surface area contributed by atoms with Crippen molar-refractivity contribution in [3.63, 3.8) is 0 Å². The molecule has 1 saturated heterocycles. The highest BCUT2D eigenvalue weighted by Gasteiger charge is 2.51. The predicted molar refractivity (Wildman–Crippen MR) is 87.9 cm³/mol. The van der Waals surface area contributed by atoms with E-state index in [1.807, 2.05) is 24.3 Å². The molecule has 0 spiro atoms. The number of likely N-dealkylation sites (N-methyl/N-ethyl adjacent to an activating group) is 1. The molecule has 2 aliphatic rings. The fourth-order valence-corrected chi connectivity index (χ4v) is 3.98. The van der Waals surface area contributed by atoms with E-state index in [-0.39, 0.29) is 11.9 Å². The number of nitrogens with zero attached hydrogens (tertiary/aromatic N) is 1. The van der Waals surface area contributed by atoms with Crippen LogP contribution in [-0.2, 0) is 12.1 Å². The maximum atomic E-state index is 13.4. The highest BCUT2D eigenvalue weighted by Crippen LogP contribution is 2.41. The van der Waals surface area contributed by atoms with Gasteiger partial charge in [-0.1, -0.05) is 37.3 Å². The van der Waals surface area contributed by atoms with Crippen molar-refractivity contribution in [3.8, 4) is 5.75 Å². The van der Waals surface area contributed by atoms with Crippen molar-refractivity contribution in [1.82, 2.24) is 10.2 Å². The summed E-state index contributed by atoms with van der Waals surface area (Å²) >= 11 is 0. The van der Waals surface area contributed by atoms with Crippen molar-refractivity contribution >= 4 is 0 Å². The lowest BCUT2D eigenvalue weighted by molar-refractivity contribution is 0.00392. The number of hydrogen-bond acceptors (Lipinski definition) is 3. The highest BCUT2D eigenvalue weighted by atomic mass is 19.1. The molecule has 120 valence electrons. The number of benzene rings is 2. The van der Waals surface area contributed by atoms with Gasteiger partial charge in [0, 0.05) is 19.5 Å². The summed E-state index contributed by atoms with van der Waals surface area (Å²) in [4.78, 5) is 2.40. The van der Waals surface area contributed by atoms with Crippen molar-refractivity contribution in [2.45, 2.75) is 25.1 Å². The largest absolute Gasteiger partial charge is 0.486 e. The number of fused-ring (bicyclic) bond motifs is 1. The topological polar surface area (TPSA) is 24.5 Å². The lowest BCUT2D eigenvalue weighted by Gasteiger charge is -2.42. The average Bonchev–Trinajstić information content (AvgIpc) is 3.19. The van der Waals surface area contributed by atoms with E-state index in [1.54, 1.807) is 0 Å². The number of nitrogens with one attached hydrogen (secondary N) is 1. The molecule has 2 heterocycles. The minimum atomic E-state index is -0.401. The van der Waals surface area contributed by atoms with E-state index in [9.17, 15) is 4.39 Å². The quantitative estimate of drug-likeness (QED) is 0.943. The molecule has 4 rings (SSSR count). The van der Waals surface area contributed by atoms with Gasteiger partial charge in [-0.2, -0.15) is 0 Å². The van der Waals surface area contributed by atoms with Crippen molar-refractivity contribution in [3.05, 3.63) is 65.5 Å². The molecule has 1 N–H and O–H groups in total. The molecule has 2 unspecified atom stereocenters. The maximum absolute atomic E-state index is 13.4. The van der Waals surface area contributed by atoms with Crippen LogP contribution in [0.3, 0.4) is 0 Å². The monoisotopic (exact) mass is 312 g/mol. The maximum Gasteiger partial charge on any atom is 0.139 e. The summed E-state index contributed by atoms with van der Waals surface area (Å²) in [6.07, 6.45) is 0.838. The predicted octanol–water partition coefficient (Wildman–Crippen LogP) is 2.91. The lowest BCUT2D eigenvalue weighted by Crippen LogP contribution is -2.58. The Balaban J connectivity index is 1.77. The van der Waals surface area contributed by atoms with Gasteiger partial charge in [-0.05, 0) is 35.9 Å². The van der Waals surface area contributed by atoms with E-state index in [0.29, 0.717) is 0 Å². The normalized spacial score (nSPS) is 27.0. The summed E-state index contributed by atoms with van der Waals surface area (Å²) < 4.78 is 19.7. The van der Waals surface area contributed by atoms with Crippen molar-refractivity contribution < 1.29 is 9.13 Å². The van der Waals surface area contributed by atoms with Crippen LogP contribution in [0.1, 0.15) is 18.1 Å². The van der Waals surface area contributed by atoms with Gasteiger partial charge in [0.15, 0.2) is 0 Å². The van der Waals surface area contributed by atoms with E-state index < -0.39 is 5.66 Å². The zero-order valence-corrected chi connectivity index (χ0v) is 13.3. The second-order valence-electron chi connectivity index (χ2n) is 6.20. The van der Waals surface area contributed by atoms with Crippen LogP contribution in [0.2, 0.25) is 0 Å². The summed E-state index contributed by atoms with van der Waals surface area (Å²) in [5, 5.41) is 3.66. The molecule has 23 heavy (non-hydrogen) atoms. The molecule has 0 radical (unpaired) electrons. The van der Waals surface area contributed by atoms with Gasteiger partial charge in [0.05, 0.1) is 0 Å². The fourth-order valence-electron chi connectivity index (χ4n) is 3.98. The molecule has 2 aromatic rings. The fraction of sp³-hybridized carbons (Fsp3) is 0.368. The van der Waals surface area contributed by atoms with Crippen molar-refractivity contribution in [2.24, 2.45) is 0 Å². The zero-order chi connectivity index (χ0) is 15.9. The summed E-state index contributed by atoms with van der Waals surface area (Å²) in [5.41, 5.74) is 1.90. The van der Waals surface area contributed by atoms with Gasteiger partial charge in [0.2, 0.25) is 0 Å². The molecule has 3 nitrogen and oxygen atoms in total. The Hall–Kier alpha value is -1.91. The van der Waals surface area contributed by atoms with Gasteiger partial charge in [0.25, 0.3) is 0 Å². The molecule has 0 bridgehead atoms. The summed E-state index contributed by atoms with van der Waals surface area (Å²) in [6.45, 7) is 4.94. The molecule has 0 aliphatic carbocycles. The smallest absolute Gasteiger partial charge is 0.139 e. The first kappa shape index (κ1) is 14.7. The number of halogens is 1. The number of para-hydroxylation sites is 1. The third kappa shape index (κ3) is 2.25. The van der Waals surface area contributed by atoms with E-state index >= 15 is 0 Å². The van der Waals surface area contributed by atoms with Gasteiger partial charge in [-0.15, -0.1) is 0 Å². The molecular weight excluding hydrogens is 291 g/mol. The van der Waals surface area contributed by atoms with Crippen LogP contribution < -0.4 is 10.1 Å². The Bertz CT molecular complexity index is 678. The summed E-state index contributed by atoms with van der Waals surface area (Å²) in [7, 11) is 0. The van der Waals surface area contributed by atoms with Gasteiger partial charge in [-0.3, -0.25) is 10.2 Å². The number of rotatable bonds is 3. The number of hydrogen-bond donors (Lipinski definition) is 1. The van der Waals surface area contributed by atoms with Gasteiger partial charge in [-0.25, -0.2) is 4.39 Å². The second kappa shape index (κ2) is 5.62. The van der Waals surface area contributed by atoms with Crippen LogP contribution in [0.5, 0.6) is 5.75 Å². The Labute approximate surface area is 136 Å². The van der Waals surface area contributed by atoms with Crippen molar-refractivity contribution in [2.75, 3.05) is 19.6 Å². The van der Waals surface area contributed by atoms with E-state index in [1.165, 1.54) is 17.7 Å². The van der Waals surface area contributed by atoms with E-state index in [4.69, 9.17) is 4.74 Å². The minimum absolute atomic E-state index is 0.0205. The van der Waals surface area contributed by atoms with Crippen LogP contribution in [0.15, 0.2) is 48.5 Å². The first-order chi connectivity index (χ1) is 11.2. The molecule has 1 fully saturated rings. The Morgan fingerprint density at radius 2 is 2.00 bits per heavy atom. The lowest BCUT2D eigenvalue weighted by atomic mass is 9.89. The van der Waals surface area contributed by atoms with Crippen LogP contribution in [0.4, 0.5) is 4.39 Å². The molecule has 0 saturated carbocycles. The molecule has 2 atom stereocenters. The van der Waals surface area contributed by atoms with Gasteiger partial charge in [0.1, 0.15) is 23.3 Å². The Kier molecular flexibility index (Phi) is 3.58. The Morgan fingerprint density at radius 1 is 1.22 bits per heavy atom.